The lowest BCUT2D eigenvalue weighted by Gasteiger charge is -2.18. The first kappa shape index (κ1) is 14.6. The number of aryl methyl sites for hydroxylation is 1. The van der Waals surface area contributed by atoms with Gasteiger partial charge in [-0.05, 0) is 30.5 Å². The number of phenolic OH excluding ortho intramolecular Hbond substituents is 1. The summed E-state index contributed by atoms with van der Waals surface area (Å²) in [4.78, 5) is 10.5. The third-order valence-corrected chi connectivity index (χ3v) is 3.07. The summed E-state index contributed by atoms with van der Waals surface area (Å²) < 4.78 is 4.99. The van der Waals surface area contributed by atoms with E-state index in [1.54, 1.807) is 6.92 Å². The van der Waals surface area contributed by atoms with Crippen LogP contribution >= 0.6 is 11.6 Å². The van der Waals surface area contributed by atoms with Crippen molar-refractivity contribution in [2.24, 2.45) is 5.73 Å². The van der Waals surface area contributed by atoms with E-state index in [0.29, 0.717) is 11.1 Å². The Hall–Kier alpha value is -1.46. The molecule has 5 nitrogen and oxygen atoms in total. The summed E-state index contributed by atoms with van der Waals surface area (Å²) in [7, 11) is 1.39. The molecule has 100 valence electrons. The summed E-state index contributed by atoms with van der Waals surface area (Å²) in [6, 6.07) is 0.990. The summed E-state index contributed by atoms with van der Waals surface area (Å²) >= 11 is 6.12. The maximum atomic E-state index is 10.5. The quantitative estimate of drug-likeness (QED) is 0.765. The fourth-order valence-corrected chi connectivity index (χ4v) is 2.29. The molecule has 0 aromatic heterocycles. The Bertz CT molecular complexity index is 462. The molecule has 0 saturated heterocycles. The van der Waals surface area contributed by atoms with Gasteiger partial charge in [-0.15, -0.1) is 0 Å². The van der Waals surface area contributed by atoms with E-state index in [2.05, 4.69) is 0 Å². The number of halogens is 1. The second kappa shape index (κ2) is 5.93. The highest BCUT2D eigenvalue weighted by atomic mass is 35.5. The first-order valence-electron chi connectivity index (χ1n) is 5.41. The number of ether oxygens (including phenoxy) is 1. The maximum absolute atomic E-state index is 10.5. The first-order chi connectivity index (χ1) is 8.38. The number of rotatable bonds is 5. The molecule has 0 aliphatic carbocycles. The van der Waals surface area contributed by atoms with Gasteiger partial charge in [0.1, 0.15) is 0 Å². The van der Waals surface area contributed by atoms with E-state index in [-0.39, 0.29) is 29.4 Å². The highest BCUT2D eigenvalue weighted by Gasteiger charge is 2.20. The van der Waals surface area contributed by atoms with Gasteiger partial charge in [0.2, 0.25) is 0 Å². The fraction of sp³-hybridized carbons (Fsp3) is 0.417. The topological polar surface area (TPSA) is 92.8 Å². The van der Waals surface area contributed by atoms with Crippen molar-refractivity contribution in [3.05, 3.63) is 22.2 Å². The van der Waals surface area contributed by atoms with E-state index in [1.165, 1.54) is 13.2 Å². The zero-order valence-electron chi connectivity index (χ0n) is 10.2. The van der Waals surface area contributed by atoms with Crippen LogP contribution in [0.1, 0.15) is 30.0 Å². The van der Waals surface area contributed by atoms with Gasteiger partial charge in [0.05, 0.1) is 12.1 Å². The first-order valence-corrected chi connectivity index (χ1v) is 5.79. The molecule has 0 aliphatic rings. The van der Waals surface area contributed by atoms with Crippen molar-refractivity contribution in [1.29, 1.82) is 0 Å². The highest BCUT2D eigenvalue weighted by Crippen LogP contribution is 2.41. The smallest absolute Gasteiger partial charge is 0.303 e. The number of nitrogens with two attached hydrogens (primary N) is 1. The lowest BCUT2D eigenvalue weighted by Crippen LogP contribution is -2.14. The monoisotopic (exact) mass is 273 g/mol. The van der Waals surface area contributed by atoms with Gasteiger partial charge in [-0.1, -0.05) is 11.6 Å². The van der Waals surface area contributed by atoms with Crippen molar-refractivity contribution in [3.63, 3.8) is 0 Å². The van der Waals surface area contributed by atoms with E-state index in [9.17, 15) is 9.90 Å². The van der Waals surface area contributed by atoms with Gasteiger partial charge in [0.15, 0.2) is 11.5 Å². The van der Waals surface area contributed by atoms with Crippen molar-refractivity contribution >= 4 is 17.6 Å². The summed E-state index contributed by atoms with van der Waals surface area (Å²) in [6.07, 6.45) is 0.226. The van der Waals surface area contributed by atoms with Crippen LogP contribution in [0.3, 0.4) is 0 Å². The Kier molecular flexibility index (Phi) is 4.81. The molecule has 1 unspecified atom stereocenters. The number of hydrogen-bond acceptors (Lipinski definition) is 4. The van der Waals surface area contributed by atoms with Crippen molar-refractivity contribution < 1.29 is 19.7 Å². The molecule has 0 aliphatic heterocycles. The minimum absolute atomic E-state index is 0.0415. The average molecular weight is 274 g/mol. The summed E-state index contributed by atoms with van der Waals surface area (Å²) in [5.41, 5.74) is 7.24. The van der Waals surface area contributed by atoms with Gasteiger partial charge in [-0.25, -0.2) is 0 Å². The van der Waals surface area contributed by atoms with Crippen LogP contribution in [0.5, 0.6) is 11.5 Å². The van der Waals surface area contributed by atoms with E-state index < -0.39 is 12.0 Å². The normalized spacial score (nSPS) is 12.2. The zero-order valence-corrected chi connectivity index (χ0v) is 11.0. The number of aliphatic carboxylic acids is 1. The second-order valence-corrected chi connectivity index (χ2v) is 4.39. The van der Waals surface area contributed by atoms with Crippen LogP contribution in [0.25, 0.3) is 0 Å². The molecule has 0 fully saturated rings. The van der Waals surface area contributed by atoms with E-state index in [1.807, 2.05) is 0 Å². The Balaban J connectivity index is 3.11. The molecule has 0 spiro atoms. The number of carbonyl (C=O) groups is 1. The third-order valence-electron chi connectivity index (χ3n) is 2.69. The Morgan fingerprint density at radius 2 is 2.22 bits per heavy atom. The third kappa shape index (κ3) is 3.05. The molecular formula is C12H16ClNO4. The average Bonchev–Trinajstić information content (AvgIpc) is 2.26. The van der Waals surface area contributed by atoms with Crippen LogP contribution in [0.4, 0.5) is 0 Å². The highest BCUT2D eigenvalue weighted by molar-refractivity contribution is 6.33. The van der Waals surface area contributed by atoms with Crippen molar-refractivity contribution in [1.82, 2.24) is 0 Å². The minimum atomic E-state index is -0.912. The number of aromatic hydroxyl groups is 1. The van der Waals surface area contributed by atoms with Crippen LogP contribution in [-0.2, 0) is 4.79 Å². The molecule has 0 radical (unpaired) electrons. The number of carboxylic acids is 1. The number of carboxylic acid groups (broad SMARTS) is 1. The lowest BCUT2D eigenvalue weighted by atomic mass is 9.97. The van der Waals surface area contributed by atoms with Gasteiger partial charge in [0.25, 0.3) is 0 Å². The molecule has 1 aromatic rings. The molecule has 1 aromatic carbocycles. The number of benzene rings is 1. The maximum Gasteiger partial charge on any atom is 0.303 e. The molecule has 1 rings (SSSR count). The van der Waals surface area contributed by atoms with E-state index in [0.717, 1.165) is 0 Å². The van der Waals surface area contributed by atoms with Crippen LogP contribution in [0.2, 0.25) is 5.02 Å². The molecule has 0 saturated carbocycles. The van der Waals surface area contributed by atoms with Crippen molar-refractivity contribution in [2.75, 3.05) is 7.11 Å². The van der Waals surface area contributed by atoms with Crippen LogP contribution in [-0.4, -0.2) is 23.3 Å². The van der Waals surface area contributed by atoms with E-state index in [4.69, 9.17) is 27.2 Å². The Morgan fingerprint density at radius 1 is 1.61 bits per heavy atom. The lowest BCUT2D eigenvalue weighted by molar-refractivity contribution is -0.137. The van der Waals surface area contributed by atoms with Crippen molar-refractivity contribution in [2.45, 2.75) is 25.8 Å². The van der Waals surface area contributed by atoms with Crippen LogP contribution in [0, 0.1) is 6.92 Å². The molecule has 0 heterocycles. The second-order valence-electron chi connectivity index (χ2n) is 4.01. The molecular weight excluding hydrogens is 258 g/mol. The van der Waals surface area contributed by atoms with Gasteiger partial charge < -0.3 is 20.7 Å². The number of hydrogen-bond donors (Lipinski definition) is 3. The van der Waals surface area contributed by atoms with Crippen LogP contribution < -0.4 is 10.5 Å². The molecule has 0 amide bonds. The molecule has 6 heteroatoms. The van der Waals surface area contributed by atoms with E-state index >= 15 is 0 Å². The van der Waals surface area contributed by atoms with Gasteiger partial charge in [0, 0.05) is 12.5 Å². The standard InChI is InChI=1S/C12H16ClNO4/c1-6-5-8(15)12(18-2)11(13)10(6)7(14)3-4-9(16)17/h5,7,15H,3-4,14H2,1-2H3,(H,16,17). The number of phenols is 1. The summed E-state index contributed by atoms with van der Waals surface area (Å²) in [6.45, 7) is 1.75. The van der Waals surface area contributed by atoms with Crippen LogP contribution in [0.15, 0.2) is 6.07 Å². The SMILES string of the molecule is COc1c(O)cc(C)c(C(N)CCC(=O)O)c1Cl. The fourth-order valence-electron chi connectivity index (χ4n) is 1.83. The predicted octanol–water partition coefficient (Wildman–Crippen LogP) is 2.23. The minimum Gasteiger partial charge on any atom is -0.504 e. The predicted molar refractivity (Wildman–Crippen MR) is 68.2 cm³/mol. The van der Waals surface area contributed by atoms with Crippen molar-refractivity contribution in [3.8, 4) is 11.5 Å². The molecule has 0 bridgehead atoms. The largest absolute Gasteiger partial charge is 0.504 e. The summed E-state index contributed by atoms with van der Waals surface area (Å²) in [5.74, 6) is -0.817. The van der Waals surface area contributed by atoms with Gasteiger partial charge >= 0.3 is 5.97 Å². The number of methoxy groups -OCH3 is 1. The van der Waals surface area contributed by atoms with Gasteiger partial charge in [-0.3, -0.25) is 4.79 Å². The molecule has 1 atom stereocenters. The van der Waals surface area contributed by atoms with Gasteiger partial charge in [-0.2, -0.15) is 0 Å². The Labute approximate surface area is 110 Å². The molecule has 4 N–H and O–H groups in total. The Morgan fingerprint density at radius 3 is 2.72 bits per heavy atom. The summed E-state index contributed by atoms with van der Waals surface area (Å²) in [5, 5.41) is 18.5. The molecule has 18 heavy (non-hydrogen) atoms. The zero-order chi connectivity index (χ0) is 13.9.